The van der Waals surface area contributed by atoms with Crippen LogP contribution in [0.3, 0.4) is 0 Å². The number of nitrogens with one attached hydrogen (secondary N) is 1. The number of alkyl halides is 1. The van der Waals surface area contributed by atoms with E-state index >= 15 is 0 Å². The molecule has 11 heavy (non-hydrogen) atoms. The number of aliphatic hydroxyl groups is 1. The van der Waals surface area contributed by atoms with Gasteiger partial charge in [0.05, 0.1) is 0 Å². The second-order valence-electron chi connectivity index (χ2n) is 2.03. The maximum absolute atomic E-state index is 12.0. The van der Waals surface area contributed by atoms with E-state index in [9.17, 15) is 4.39 Å². The van der Waals surface area contributed by atoms with Crippen LogP contribution in [0.25, 0.3) is 0 Å². The summed E-state index contributed by atoms with van der Waals surface area (Å²) in [4.78, 5) is 0. The van der Waals surface area contributed by atoms with Crippen molar-refractivity contribution in [2.24, 2.45) is 0 Å². The SMILES string of the molecule is C=C(/C=C(/CF)C(=C)O)NC. The van der Waals surface area contributed by atoms with E-state index in [1.54, 1.807) is 7.05 Å². The standard InChI is InChI=1S/C8H12FNO/c1-6(10-3)4-8(5-9)7(2)11/h4,10-11H,1-2,5H2,3H3/b8-4-. The van der Waals surface area contributed by atoms with Crippen LogP contribution >= 0.6 is 0 Å². The molecule has 0 fully saturated rings. The van der Waals surface area contributed by atoms with E-state index in [1.807, 2.05) is 0 Å². The first-order valence-electron chi connectivity index (χ1n) is 3.13. The van der Waals surface area contributed by atoms with Crippen molar-refractivity contribution in [3.8, 4) is 0 Å². The van der Waals surface area contributed by atoms with Gasteiger partial charge < -0.3 is 10.4 Å². The molecular formula is C8H12FNO. The van der Waals surface area contributed by atoms with E-state index in [4.69, 9.17) is 5.11 Å². The summed E-state index contributed by atoms with van der Waals surface area (Å²) >= 11 is 0. The molecule has 0 aromatic carbocycles. The fraction of sp³-hybridized carbons (Fsp3) is 0.250. The van der Waals surface area contributed by atoms with Crippen LogP contribution in [-0.4, -0.2) is 18.8 Å². The van der Waals surface area contributed by atoms with Gasteiger partial charge in [-0.25, -0.2) is 4.39 Å². The highest BCUT2D eigenvalue weighted by Crippen LogP contribution is 2.06. The summed E-state index contributed by atoms with van der Waals surface area (Å²) < 4.78 is 12.0. The van der Waals surface area contributed by atoms with Gasteiger partial charge in [0.25, 0.3) is 0 Å². The third-order valence-electron chi connectivity index (χ3n) is 1.18. The quantitative estimate of drug-likeness (QED) is 0.480. The van der Waals surface area contributed by atoms with Crippen LogP contribution in [0, 0.1) is 0 Å². The van der Waals surface area contributed by atoms with Crippen LogP contribution in [0.2, 0.25) is 0 Å². The van der Waals surface area contributed by atoms with E-state index in [0.717, 1.165) is 0 Å². The van der Waals surface area contributed by atoms with E-state index in [0.29, 0.717) is 5.70 Å². The summed E-state index contributed by atoms with van der Waals surface area (Å²) in [5.41, 5.74) is 0.678. The second kappa shape index (κ2) is 4.55. The van der Waals surface area contributed by atoms with E-state index in [2.05, 4.69) is 18.5 Å². The van der Waals surface area contributed by atoms with Gasteiger partial charge in [0.15, 0.2) is 0 Å². The molecule has 0 aromatic rings. The number of halogens is 1. The molecule has 0 heterocycles. The molecule has 0 atom stereocenters. The molecule has 2 nitrogen and oxygen atoms in total. The Balaban J connectivity index is 4.35. The molecule has 2 N–H and O–H groups in total. The zero-order valence-corrected chi connectivity index (χ0v) is 6.52. The predicted octanol–water partition coefficient (Wildman–Crippen LogP) is 1.69. The molecule has 62 valence electrons. The molecule has 0 unspecified atom stereocenters. The Bertz CT molecular complexity index is 196. The lowest BCUT2D eigenvalue weighted by Gasteiger charge is -2.01. The number of hydrogen-bond acceptors (Lipinski definition) is 2. The lowest BCUT2D eigenvalue weighted by molar-refractivity contribution is 0.408. The van der Waals surface area contributed by atoms with Crippen LogP contribution in [0.15, 0.2) is 36.3 Å². The van der Waals surface area contributed by atoms with Crippen LogP contribution in [0.1, 0.15) is 0 Å². The molecule has 3 heteroatoms. The van der Waals surface area contributed by atoms with Crippen molar-refractivity contribution >= 4 is 0 Å². The fourth-order valence-electron chi connectivity index (χ4n) is 0.481. The molecule has 0 saturated heterocycles. The minimum atomic E-state index is -0.740. The summed E-state index contributed by atoms with van der Waals surface area (Å²) in [5, 5.41) is 11.5. The number of aliphatic hydroxyl groups excluding tert-OH is 1. The Labute approximate surface area is 65.7 Å². The van der Waals surface area contributed by atoms with Gasteiger partial charge in [-0.15, -0.1) is 0 Å². The maximum atomic E-state index is 12.0. The van der Waals surface area contributed by atoms with E-state index in [-0.39, 0.29) is 11.3 Å². The molecule has 0 rings (SSSR count). The van der Waals surface area contributed by atoms with Crippen LogP contribution in [0.5, 0.6) is 0 Å². The first-order valence-corrected chi connectivity index (χ1v) is 3.13. The van der Waals surface area contributed by atoms with Crippen molar-refractivity contribution in [3.63, 3.8) is 0 Å². The lowest BCUT2D eigenvalue weighted by atomic mass is 10.2. The van der Waals surface area contributed by atoms with Crippen molar-refractivity contribution in [3.05, 3.63) is 36.3 Å². The predicted molar refractivity (Wildman–Crippen MR) is 44.0 cm³/mol. The summed E-state index contributed by atoms with van der Waals surface area (Å²) in [6.07, 6.45) is 1.41. The lowest BCUT2D eigenvalue weighted by Crippen LogP contribution is -2.03. The highest BCUT2D eigenvalue weighted by atomic mass is 19.1. The largest absolute Gasteiger partial charge is 0.508 e. The third-order valence-corrected chi connectivity index (χ3v) is 1.18. The van der Waals surface area contributed by atoms with Crippen molar-refractivity contribution in [2.75, 3.05) is 13.7 Å². The van der Waals surface area contributed by atoms with Gasteiger partial charge in [0.2, 0.25) is 0 Å². The zero-order chi connectivity index (χ0) is 8.85. The Morgan fingerprint density at radius 3 is 2.45 bits per heavy atom. The Morgan fingerprint density at radius 1 is 1.64 bits per heavy atom. The van der Waals surface area contributed by atoms with Gasteiger partial charge in [-0.1, -0.05) is 13.2 Å². The van der Waals surface area contributed by atoms with Crippen LogP contribution < -0.4 is 5.32 Å². The molecule has 0 radical (unpaired) electrons. The molecule has 0 aliphatic rings. The number of rotatable bonds is 4. The molecule has 0 aromatic heterocycles. The summed E-state index contributed by atoms with van der Waals surface area (Å²) in [5.74, 6) is -0.260. The average molecular weight is 157 g/mol. The second-order valence-corrected chi connectivity index (χ2v) is 2.03. The Hall–Kier alpha value is -1.25. The van der Waals surface area contributed by atoms with Gasteiger partial charge in [0, 0.05) is 18.3 Å². The van der Waals surface area contributed by atoms with Crippen LogP contribution in [-0.2, 0) is 0 Å². The molecule has 0 spiro atoms. The summed E-state index contributed by atoms with van der Waals surface area (Å²) in [6.45, 7) is 5.99. The van der Waals surface area contributed by atoms with Gasteiger partial charge in [0.1, 0.15) is 12.4 Å². The Kier molecular flexibility index (Phi) is 4.03. The highest BCUT2D eigenvalue weighted by Gasteiger charge is 1.99. The first-order chi connectivity index (χ1) is 5.11. The van der Waals surface area contributed by atoms with Gasteiger partial charge in [-0.2, -0.15) is 0 Å². The molecule has 0 aliphatic carbocycles. The Morgan fingerprint density at radius 2 is 2.18 bits per heavy atom. The fourth-order valence-corrected chi connectivity index (χ4v) is 0.481. The van der Waals surface area contributed by atoms with Crippen molar-refractivity contribution in [1.29, 1.82) is 0 Å². The van der Waals surface area contributed by atoms with Crippen LogP contribution in [0.4, 0.5) is 4.39 Å². The number of allylic oxidation sites excluding steroid dienone is 2. The third kappa shape index (κ3) is 3.45. The van der Waals surface area contributed by atoms with Crippen molar-refractivity contribution < 1.29 is 9.50 Å². The maximum Gasteiger partial charge on any atom is 0.118 e. The minimum Gasteiger partial charge on any atom is -0.508 e. The monoisotopic (exact) mass is 157 g/mol. The topological polar surface area (TPSA) is 32.3 Å². The molecule has 0 amide bonds. The smallest absolute Gasteiger partial charge is 0.118 e. The molecule has 0 saturated carbocycles. The minimum absolute atomic E-state index is 0.143. The summed E-state index contributed by atoms with van der Waals surface area (Å²) in [6, 6.07) is 0. The first kappa shape index (κ1) is 9.75. The number of hydrogen-bond donors (Lipinski definition) is 2. The van der Waals surface area contributed by atoms with E-state index in [1.165, 1.54) is 6.08 Å². The van der Waals surface area contributed by atoms with Gasteiger partial charge in [-0.05, 0) is 6.08 Å². The summed E-state index contributed by atoms with van der Waals surface area (Å²) in [7, 11) is 1.66. The molecule has 0 bridgehead atoms. The van der Waals surface area contributed by atoms with Crippen molar-refractivity contribution in [1.82, 2.24) is 5.32 Å². The molecular weight excluding hydrogens is 145 g/mol. The van der Waals surface area contributed by atoms with Crippen molar-refractivity contribution in [2.45, 2.75) is 0 Å². The zero-order valence-electron chi connectivity index (χ0n) is 6.52. The average Bonchev–Trinajstić information content (AvgIpc) is 1.99. The highest BCUT2D eigenvalue weighted by molar-refractivity contribution is 5.30. The number of likely N-dealkylation sites (N-methyl/N-ethyl adjacent to an activating group) is 1. The molecule has 0 aliphatic heterocycles. The van der Waals surface area contributed by atoms with E-state index < -0.39 is 6.67 Å². The normalized spacial score (nSPS) is 10.9. The van der Waals surface area contributed by atoms with Gasteiger partial charge in [-0.3, -0.25) is 0 Å². The van der Waals surface area contributed by atoms with Gasteiger partial charge >= 0.3 is 0 Å².